The lowest BCUT2D eigenvalue weighted by Gasteiger charge is -2.11. The van der Waals surface area contributed by atoms with Crippen LogP contribution < -0.4 is 19.6 Å². The molecule has 5 rings (SSSR count). The van der Waals surface area contributed by atoms with Crippen LogP contribution >= 0.6 is 11.3 Å². The van der Waals surface area contributed by atoms with E-state index >= 15 is 0 Å². The zero-order chi connectivity index (χ0) is 23.1. The van der Waals surface area contributed by atoms with Crippen LogP contribution in [-0.2, 0) is 6.61 Å². The van der Waals surface area contributed by atoms with E-state index in [4.69, 9.17) is 14.5 Å². The third-order valence-electron chi connectivity index (χ3n) is 5.76. The van der Waals surface area contributed by atoms with Gasteiger partial charge in [-0.25, -0.2) is 13.8 Å². The zero-order valence-corrected chi connectivity index (χ0v) is 19.2. The monoisotopic (exact) mass is 460 g/mol. The molecule has 166 valence electrons. The highest BCUT2D eigenvalue weighted by Gasteiger charge is 2.14. The summed E-state index contributed by atoms with van der Waals surface area (Å²) < 4.78 is 27.4. The highest BCUT2D eigenvalue weighted by molar-refractivity contribution is 7.15. The van der Waals surface area contributed by atoms with Crippen molar-refractivity contribution in [1.29, 1.82) is 0 Å². The molecule has 5 nitrogen and oxygen atoms in total. The SMILES string of the molecule is COc1cc(C=c2sc3nc4c(C)c(C)ccc4n3c2=O)ccc1OCc1ccccc1F. The number of aryl methyl sites for hydroxylation is 2. The van der Waals surface area contributed by atoms with Gasteiger partial charge < -0.3 is 9.47 Å². The molecule has 0 saturated heterocycles. The van der Waals surface area contributed by atoms with E-state index in [2.05, 4.69) is 0 Å². The Hall–Kier alpha value is -3.71. The average molecular weight is 461 g/mol. The Bertz CT molecular complexity index is 1620. The van der Waals surface area contributed by atoms with Gasteiger partial charge in [0, 0.05) is 5.56 Å². The quantitative estimate of drug-likeness (QED) is 0.378. The van der Waals surface area contributed by atoms with Crippen molar-refractivity contribution in [3.63, 3.8) is 0 Å². The smallest absolute Gasteiger partial charge is 0.274 e. The fourth-order valence-corrected chi connectivity index (χ4v) is 4.76. The van der Waals surface area contributed by atoms with E-state index < -0.39 is 0 Å². The van der Waals surface area contributed by atoms with E-state index in [1.807, 2.05) is 38.1 Å². The maximum atomic E-state index is 13.9. The van der Waals surface area contributed by atoms with Crippen LogP contribution in [-0.4, -0.2) is 16.5 Å². The Morgan fingerprint density at radius 1 is 1.09 bits per heavy atom. The number of hydrogen-bond acceptors (Lipinski definition) is 5. The number of benzene rings is 3. The number of nitrogens with zero attached hydrogens (tertiary/aromatic N) is 2. The molecule has 0 atom stereocenters. The molecule has 0 aliphatic carbocycles. The van der Waals surface area contributed by atoms with E-state index in [9.17, 15) is 9.18 Å². The van der Waals surface area contributed by atoms with E-state index in [0.29, 0.717) is 26.6 Å². The van der Waals surface area contributed by atoms with Gasteiger partial charge in [0.1, 0.15) is 12.4 Å². The molecule has 0 aliphatic rings. The molecule has 0 amide bonds. The summed E-state index contributed by atoms with van der Waals surface area (Å²) in [4.78, 5) is 18.5. The molecular weight excluding hydrogens is 439 g/mol. The number of methoxy groups -OCH3 is 1. The summed E-state index contributed by atoms with van der Waals surface area (Å²) in [6.07, 6.45) is 1.82. The molecule has 0 N–H and O–H groups in total. The molecule has 7 heteroatoms. The van der Waals surface area contributed by atoms with E-state index in [-0.39, 0.29) is 18.0 Å². The third kappa shape index (κ3) is 3.74. The lowest BCUT2D eigenvalue weighted by atomic mass is 10.1. The lowest BCUT2D eigenvalue weighted by molar-refractivity contribution is 0.279. The highest BCUT2D eigenvalue weighted by atomic mass is 32.1. The summed E-state index contributed by atoms with van der Waals surface area (Å²) in [5, 5.41) is 0. The number of thiazole rings is 1. The van der Waals surface area contributed by atoms with Gasteiger partial charge in [0.05, 0.1) is 22.7 Å². The van der Waals surface area contributed by atoms with E-state index in [1.165, 1.54) is 17.4 Å². The largest absolute Gasteiger partial charge is 0.493 e. The number of imidazole rings is 1. The van der Waals surface area contributed by atoms with Crippen molar-refractivity contribution in [2.45, 2.75) is 20.5 Å². The fourth-order valence-electron chi connectivity index (χ4n) is 3.78. The van der Waals surface area contributed by atoms with Gasteiger partial charge in [-0.1, -0.05) is 41.7 Å². The van der Waals surface area contributed by atoms with Gasteiger partial charge in [-0.2, -0.15) is 0 Å². The van der Waals surface area contributed by atoms with Crippen molar-refractivity contribution >= 4 is 33.4 Å². The molecule has 2 aromatic heterocycles. The van der Waals surface area contributed by atoms with Gasteiger partial charge in [0.2, 0.25) is 0 Å². The number of ether oxygens (including phenoxy) is 2. The van der Waals surface area contributed by atoms with Gasteiger partial charge >= 0.3 is 0 Å². The second kappa shape index (κ2) is 8.33. The van der Waals surface area contributed by atoms with Crippen molar-refractivity contribution in [3.05, 3.63) is 97.6 Å². The standard InChI is InChI=1S/C26H21FN2O3S/c1-15-8-10-20-24(16(15)2)28-26-29(20)25(30)23(33-26)13-17-9-11-21(22(12-17)31-3)32-14-18-6-4-5-7-19(18)27/h4-13H,14H2,1-3H3. The first-order valence-corrected chi connectivity index (χ1v) is 11.2. The maximum Gasteiger partial charge on any atom is 0.274 e. The van der Waals surface area contributed by atoms with Crippen LogP contribution in [0.1, 0.15) is 22.3 Å². The molecule has 0 bridgehead atoms. The molecule has 33 heavy (non-hydrogen) atoms. The highest BCUT2D eigenvalue weighted by Crippen LogP contribution is 2.29. The molecule has 0 saturated carbocycles. The molecule has 0 spiro atoms. The van der Waals surface area contributed by atoms with Crippen LogP contribution in [0.4, 0.5) is 4.39 Å². The second-order valence-corrected chi connectivity index (χ2v) is 8.82. The first kappa shape index (κ1) is 21.2. The molecule has 5 aromatic rings. The van der Waals surface area contributed by atoms with Crippen molar-refractivity contribution in [2.75, 3.05) is 7.11 Å². The number of fused-ring (bicyclic) bond motifs is 3. The van der Waals surface area contributed by atoms with Gasteiger partial charge in [-0.05, 0) is 60.9 Å². The zero-order valence-electron chi connectivity index (χ0n) is 18.4. The van der Waals surface area contributed by atoms with Crippen LogP contribution in [0.3, 0.4) is 0 Å². The summed E-state index contributed by atoms with van der Waals surface area (Å²) in [6, 6.07) is 15.8. The first-order chi connectivity index (χ1) is 16.0. The molecule has 0 unspecified atom stereocenters. The number of rotatable bonds is 5. The molecule has 2 heterocycles. The first-order valence-electron chi connectivity index (χ1n) is 10.4. The summed E-state index contributed by atoms with van der Waals surface area (Å²) in [6.45, 7) is 4.15. The molecular formula is C26H21FN2O3S. The Morgan fingerprint density at radius 3 is 2.70 bits per heavy atom. The number of aromatic nitrogens is 2. The minimum absolute atomic E-state index is 0.0882. The predicted octanol–water partition coefficient (Wildman–Crippen LogP) is 4.80. The predicted molar refractivity (Wildman–Crippen MR) is 129 cm³/mol. The summed E-state index contributed by atoms with van der Waals surface area (Å²) >= 11 is 1.36. The van der Waals surface area contributed by atoms with Crippen LogP contribution in [0.15, 0.2) is 59.4 Å². The molecule has 0 aliphatic heterocycles. The second-order valence-electron chi connectivity index (χ2n) is 7.81. The van der Waals surface area contributed by atoms with E-state index in [0.717, 1.165) is 27.7 Å². The number of hydrogen-bond donors (Lipinski definition) is 0. The van der Waals surface area contributed by atoms with Crippen molar-refractivity contribution in [3.8, 4) is 11.5 Å². The number of halogens is 1. The van der Waals surface area contributed by atoms with Gasteiger partial charge in [0.25, 0.3) is 5.56 Å². The topological polar surface area (TPSA) is 52.8 Å². The van der Waals surface area contributed by atoms with Crippen molar-refractivity contribution < 1.29 is 13.9 Å². The summed E-state index contributed by atoms with van der Waals surface area (Å²) in [5.41, 5.74) is 5.08. The van der Waals surface area contributed by atoms with Gasteiger partial charge in [0.15, 0.2) is 16.5 Å². The van der Waals surface area contributed by atoms with E-state index in [1.54, 1.807) is 41.8 Å². The normalized spacial score (nSPS) is 12.1. The Labute approximate surface area is 193 Å². The minimum Gasteiger partial charge on any atom is -0.493 e. The molecule has 0 radical (unpaired) electrons. The average Bonchev–Trinajstić information content (AvgIpc) is 3.33. The van der Waals surface area contributed by atoms with Crippen LogP contribution in [0.2, 0.25) is 0 Å². The van der Waals surface area contributed by atoms with Crippen LogP contribution in [0, 0.1) is 19.7 Å². The Kier molecular flexibility index (Phi) is 5.34. The Morgan fingerprint density at radius 2 is 1.91 bits per heavy atom. The van der Waals surface area contributed by atoms with Gasteiger partial charge in [-0.3, -0.25) is 4.79 Å². The summed E-state index contributed by atoms with van der Waals surface area (Å²) in [5.74, 6) is 0.688. The van der Waals surface area contributed by atoms with Crippen LogP contribution in [0.5, 0.6) is 11.5 Å². The molecule has 3 aromatic carbocycles. The summed E-state index contributed by atoms with van der Waals surface area (Å²) in [7, 11) is 1.55. The van der Waals surface area contributed by atoms with Crippen LogP contribution in [0.25, 0.3) is 22.1 Å². The lowest BCUT2D eigenvalue weighted by Crippen LogP contribution is -2.22. The third-order valence-corrected chi connectivity index (χ3v) is 6.73. The van der Waals surface area contributed by atoms with Crippen molar-refractivity contribution in [2.24, 2.45) is 0 Å². The Balaban J connectivity index is 1.50. The minimum atomic E-state index is -0.315. The molecule has 0 fully saturated rings. The maximum absolute atomic E-state index is 13.9. The van der Waals surface area contributed by atoms with Crippen molar-refractivity contribution in [1.82, 2.24) is 9.38 Å². The van der Waals surface area contributed by atoms with Gasteiger partial charge in [-0.15, -0.1) is 0 Å². The fraction of sp³-hybridized carbons (Fsp3) is 0.154.